The minimum atomic E-state index is -0.580. The third kappa shape index (κ3) is 10.3. The molecule has 0 amide bonds. The topological polar surface area (TPSA) is 99.4 Å². The second-order valence-corrected chi connectivity index (χ2v) is 7.30. The molecule has 1 rings (SSSR count). The number of aliphatic hydroxyl groups is 4. The first-order valence-electron chi connectivity index (χ1n) is 7.74. The summed E-state index contributed by atoms with van der Waals surface area (Å²) in [6.45, 7) is 0.599. The van der Waals surface area contributed by atoms with Crippen LogP contribution in [0.25, 0.3) is 0 Å². The minimum absolute atomic E-state index is 0.106. The third-order valence-corrected chi connectivity index (χ3v) is 4.98. The molecule has 1 aromatic carbocycles. The lowest BCUT2D eigenvalue weighted by Gasteiger charge is -2.14. The van der Waals surface area contributed by atoms with Gasteiger partial charge in [-0.3, -0.25) is 0 Å². The fourth-order valence-electron chi connectivity index (χ4n) is 1.68. The van der Waals surface area contributed by atoms with E-state index in [-0.39, 0.29) is 26.4 Å². The lowest BCUT2D eigenvalue weighted by molar-refractivity contribution is 0.124. The average Bonchev–Trinajstić information content (AvgIpc) is 2.59. The molecule has 0 fully saturated rings. The van der Waals surface area contributed by atoms with Crippen molar-refractivity contribution in [3.05, 3.63) is 24.3 Å². The van der Waals surface area contributed by atoms with Crippen LogP contribution in [0.1, 0.15) is 0 Å². The summed E-state index contributed by atoms with van der Waals surface area (Å²) in [5.41, 5.74) is 0. The zero-order chi connectivity index (χ0) is 17.6. The van der Waals surface area contributed by atoms with Gasteiger partial charge in [-0.1, -0.05) is 0 Å². The molecule has 138 valence electrons. The van der Waals surface area contributed by atoms with Gasteiger partial charge in [0.25, 0.3) is 0 Å². The predicted molar refractivity (Wildman–Crippen MR) is 98.3 cm³/mol. The molecule has 1 aromatic rings. The summed E-state index contributed by atoms with van der Waals surface area (Å²) in [5, 5.41) is 36.8. The molecule has 4 N–H and O–H groups in total. The second-order valence-electron chi connectivity index (χ2n) is 5.00. The Morgan fingerprint density at radius 3 is 1.46 bits per heavy atom. The molecular formula is C16H26O6S2. The van der Waals surface area contributed by atoms with Gasteiger partial charge in [0.15, 0.2) is 0 Å². The predicted octanol–water partition coefficient (Wildman–Crippen LogP) is 0.617. The molecular weight excluding hydrogens is 352 g/mol. The van der Waals surface area contributed by atoms with Crippen LogP contribution in [0.4, 0.5) is 0 Å². The van der Waals surface area contributed by atoms with E-state index in [1.807, 2.05) is 0 Å². The van der Waals surface area contributed by atoms with Crippen LogP contribution in [-0.2, 0) is 0 Å². The fraction of sp³-hybridized carbons (Fsp3) is 0.625. The van der Waals surface area contributed by atoms with Crippen molar-refractivity contribution in [3.8, 4) is 11.5 Å². The van der Waals surface area contributed by atoms with E-state index in [2.05, 4.69) is 0 Å². The molecule has 0 aromatic heterocycles. The first-order valence-corrected chi connectivity index (χ1v) is 10.1. The highest BCUT2D eigenvalue weighted by Gasteiger charge is 2.07. The van der Waals surface area contributed by atoms with Crippen molar-refractivity contribution in [2.24, 2.45) is 0 Å². The Morgan fingerprint density at radius 2 is 1.12 bits per heavy atom. The van der Waals surface area contributed by atoms with Crippen LogP contribution in [0.2, 0.25) is 0 Å². The summed E-state index contributed by atoms with van der Waals surface area (Å²) in [5.74, 6) is 3.52. The van der Waals surface area contributed by atoms with Crippen LogP contribution in [0.5, 0.6) is 11.5 Å². The van der Waals surface area contributed by atoms with Crippen LogP contribution in [0, 0.1) is 0 Å². The van der Waals surface area contributed by atoms with Gasteiger partial charge >= 0.3 is 0 Å². The number of hydrogen-bond donors (Lipinski definition) is 4. The van der Waals surface area contributed by atoms with Gasteiger partial charge in [-0.05, 0) is 24.3 Å². The van der Waals surface area contributed by atoms with E-state index in [0.717, 1.165) is 0 Å². The standard InChI is InChI=1S/C16H26O6S2/c17-5-7-23-11-13(19)9-21-15-1-2-16(4-3-15)22-10-14(20)12-24-8-6-18/h1-4,13-14,17-20H,5-12H2. The number of ether oxygens (including phenoxy) is 2. The molecule has 24 heavy (non-hydrogen) atoms. The van der Waals surface area contributed by atoms with E-state index < -0.39 is 12.2 Å². The molecule has 0 bridgehead atoms. The number of aliphatic hydroxyl groups excluding tert-OH is 4. The van der Waals surface area contributed by atoms with Crippen molar-refractivity contribution >= 4 is 23.5 Å². The van der Waals surface area contributed by atoms with E-state index >= 15 is 0 Å². The van der Waals surface area contributed by atoms with Gasteiger partial charge in [-0.15, -0.1) is 0 Å². The van der Waals surface area contributed by atoms with Crippen molar-refractivity contribution in [2.45, 2.75) is 12.2 Å². The number of benzene rings is 1. The van der Waals surface area contributed by atoms with E-state index in [9.17, 15) is 10.2 Å². The Bertz CT molecular complexity index is 379. The molecule has 0 saturated heterocycles. The number of hydrogen-bond acceptors (Lipinski definition) is 8. The van der Waals surface area contributed by atoms with Gasteiger partial charge in [0.1, 0.15) is 24.7 Å². The minimum Gasteiger partial charge on any atom is -0.491 e. The average molecular weight is 379 g/mol. The van der Waals surface area contributed by atoms with E-state index in [4.69, 9.17) is 19.7 Å². The maximum absolute atomic E-state index is 9.73. The summed E-state index contributed by atoms with van der Waals surface area (Å²) >= 11 is 2.95. The number of rotatable bonds is 14. The van der Waals surface area contributed by atoms with Gasteiger partial charge in [0.05, 0.1) is 25.4 Å². The van der Waals surface area contributed by atoms with Gasteiger partial charge in [-0.25, -0.2) is 0 Å². The first kappa shape index (κ1) is 21.4. The normalized spacial score (nSPS) is 13.5. The van der Waals surface area contributed by atoms with Crippen LogP contribution in [-0.4, -0.2) is 82.1 Å². The lowest BCUT2D eigenvalue weighted by Crippen LogP contribution is -2.21. The second kappa shape index (κ2) is 13.6. The highest BCUT2D eigenvalue weighted by molar-refractivity contribution is 7.99. The quantitative estimate of drug-likeness (QED) is 0.350. The van der Waals surface area contributed by atoms with Crippen molar-refractivity contribution in [1.29, 1.82) is 0 Å². The molecule has 6 nitrogen and oxygen atoms in total. The highest BCUT2D eigenvalue weighted by Crippen LogP contribution is 2.18. The smallest absolute Gasteiger partial charge is 0.119 e. The summed E-state index contributed by atoms with van der Waals surface area (Å²) in [6, 6.07) is 6.98. The van der Waals surface area contributed by atoms with Crippen LogP contribution in [0.3, 0.4) is 0 Å². The Balaban J connectivity index is 2.22. The molecule has 0 radical (unpaired) electrons. The lowest BCUT2D eigenvalue weighted by atomic mass is 10.3. The van der Waals surface area contributed by atoms with Gasteiger partial charge in [0.2, 0.25) is 0 Å². The van der Waals surface area contributed by atoms with Crippen LogP contribution >= 0.6 is 23.5 Å². The van der Waals surface area contributed by atoms with E-state index in [1.54, 1.807) is 24.3 Å². The van der Waals surface area contributed by atoms with Crippen molar-refractivity contribution in [1.82, 2.24) is 0 Å². The SMILES string of the molecule is OCCSCC(O)COc1ccc(OCC(O)CSCCO)cc1. The Hall–Kier alpha value is -0.640. The largest absolute Gasteiger partial charge is 0.491 e. The molecule has 0 saturated carbocycles. The maximum Gasteiger partial charge on any atom is 0.119 e. The monoisotopic (exact) mass is 378 g/mol. The van der Waals surface area contributed by atoms with Gasteiger partial charge in [-0.2, -0.15) is 23.5 Å². The maximum atomic E-state index is 9.73. The Kier molecular flexibility index (Phi) is 12.2. The van der Waals surface area contributed by atoms with E-state index in [0.29, 0.717) is 34.5 Å². The Morgan fingerprint density at radius 1 is 0.750 bits per heavy atom. The van der Waals surface area contributed by atoms with Crippen molar-refractivity contribution in [3.63, 3.8) is 0 Å². The molecule has 0 heterocycles. The van der Waals surface area contributed by atoms with E-state index in [1.165, 1.54) is 23.5 Å². The Labute approximate surface area is 151 Å². The molecule has 0 aliphatic carbocycles. The summed E-state index contributed by atoms with van der Waals surface area (Å²) in [4.78, 5) is 0. The summed E-state index contributed by atoms with van der Waals surface area (Å²) < 4.78 is 11.0. The van der Waals surface area contributed by atoms with Crippen molar-refractivity contribution in [2.75, 3.05) is 49.4 Å². The first-order chi connectivity index (χ1) is 11.7. The molecule has 0 spiro atoms. The van der Waals surface area contributed by atoms with Crippen molar-refractivity contribution < 1.29 is 29.9 Å². The zero-order valence-electron chi connectivity index (χ0n) is 13.5. The molecule has 2 atom stereocenters. The third-order valence-electron chi connectivity index (χ3n) is 2.80. The van der Waals surface area contributed by atoms with Gasteiger partial charge < -0.3 is 29.9 Å². The molecule has 0 aliphatic rings. The summed E-state index contributed by atoms with van der Waals surface area (Å²) in [6.07, 6.45) is -1.16. The van der Waals surface area contributed by atoms with Crippen LogP contribution < -0.4 is 9.47 Å². The molecule has 8 heteroatoms. The fourth-order valence-corrected chi connectivity index (χ4v) is 3.01. The zero-order valence-corrected chi connectivity index (χ0v) is 15.2. The molecule has 2 unspecified atom stereocenters. The van der Waals surface area contributed by atoms with Gasteiger partial charge in [0, 0.05) is 23.0 Å². The number of thioether (sulfide) groups is 2. The highest BCUT2D eigenvalue weighted by atomic mass is 32.2. The molecule has 0 aliphatic heterocycles. The summed E-state index contributed by atoms with van der Waals surface area (Å²) in [7, 11) is 0. The van der Waals surface area contributed by atoms with Crippen LogP contribution in [0.15, 0.2) is 24.3 Å².